The van der Waals surface area contributed by atoms with E-state index < -0.39 is 0 Å². The second-order valence-corrected chi connectivity index (χ2v) is 5.66. The highest BCUT2D eigenvalue weighted by Gasteiger charge is 2.05. The molecule has 0 bridgehead atoms. The van der Waals surface area contributed by atoms with Crippen LogP contribution in [0, 0.1) is 0 Å². The number of rotatable bonds is 15. The van der Waals surface area contributed by atoms with Crippen molar-refractivity contribution in [2.24, 2.45) is 4.99 Å². The first kappa shape index (κ1) is 19.8. The highest BCUT2D eigenvalue weighted by molar-refractivity contribution is 7.78. The van der Waals surface area contributed by atoms with Crippen LogP contribution in [0.15, 0.2) is 4.99 Å². The van der Waals surface area contributed by atoms with Crippen LogP contribution < -0.4 is 0 Å². The molecule has 3 heteroatoms. The van der Waals surface area contributed by atoms with Crippen LogP contribution in [0.4, 0.5) is 0 Å². The van der Waals surface area contributed by atoms with Crippen LogP contribution in [0.2, 0.25) is 0 Å². The van der Waals surface area contributed by atoms with Crippen LogP contribution in [0.1, 0.15) is 84.5 Å². The number of ether oxygens (including phenoxy) is 1. The Labute approximate surface area is 131 Å². The molecule has 0 amide bonds. The van der Waals surface area contributed by atoms with E-state index in [2.05, 4.69) is 17.1 Å². The highest BCUT2D eigenvalue weighted by Crippen LogP contribution is 2.13. The monoisotopic (exact) mass is 299 g/mol. The van der Waals surface area contributed by atoms with Crippen LogP contribution in [-0.4, -0.2) is 24.4 Å². The van der Waals surface area contributed by atoms with E-state index in [9.17, 15) is 0 Å². The largest absolute Gasteiger partial charge is 0.382 e. The molecule has 0 aliphatic carbocycles. The zero-order valence-corrected chi connectivity index (χ0v) is 14.3. The van der Waals surface area contributed by atoms with Gasteiger partial charge in [-0.2, -0.15) is 0 Å². The zero-order chi connectivity index (χ0) is 14.9. The van der Waals surface area contributed by atoms with Crippen molar-refractivity contribution in [3.8, 4) is 0 Å². The zero-order valence-electron chi connectivity index (χ0n) is 13.5. The fourth-order valence-corrected chi connectivity index (χ4v) is 2.55. The van der Waals surface area contributed by atoms with E-state index in [1.165, 1.54) is 57.8 Å². The normalized spacial score (nSPS) is 12.1. The van der Waals surface area contributed by atoms with Crippen molar-refractivity contribution in [1.82, 2.24) is 0 Å². The van der Waals surface area contributed by atoms with Gasteiger partial charge in [0.25, 0.3) is 0 Å². The number of unbranched alkanes of at least 4 members (excludes halogenated alkanes) is 8. The second-order valence-electron chi connectivity index (χ2n) is 5.48. The first-order valence-corrected chi connectivity index (χ1v) is 8.90. The minimum Gasteiger partial charge on any atom is -0.382 e. The van der Waals surface area contributed by atoms with Gasteiger partial charge in [0.05, 0.1) is 11.2 Å². The predicted octanol–water partition coefficient (Wildman–Crippen LogP) is 5.81. The first-order valence-electron chi connectivity index (χ1n) is 8.49. The molecular weight excluding hydrogens is 266 g/mol. The molecule has 0 aliphatic rings. The maximum Gasteiger partial charge on any atom is 0.0624 e. The summed E-state index contributed by atoms with van der Waals surface area (Å²) in [5.74, 6) is 0. The Morgan fingerprint density at radius 3 is 2.05 bits per heavy atom. The topological polar surface area (TPSA) is 21.6 Å². The van der Waals surface area contributed by atoms with Gasteiger partial charge in [-0.3, -0.25) is 0 Å². The summed E-state index contributed by atoms with van der Waals surface area (Å²) >= 11 is 4.72. The van der Waals surface area contributed by atoms with E-state index in [1.54, 1.807) is 0 Å². The van der Waals surface area contributed by atoms with Crippen molar-refractivity contribution < 1.29 is 4.74 Å². The van der Waals surface area contributed by atoms with E-state index in [0.717, 1.165) is 26.1 Å². The van der Waals surface area contributed by atoms with Crippen LogP contribution in [0.3, 0.4) is 0 Å². The highest BCUT2D eigenvalue weighted by atomic mass is 32.1. The van der Waals surface area contributed by atoms with Crippen LogP contribution in [-0.2, 0) is 4.74 Å². The van der Waals surface area contributed by atoms with E-state index in [4.69, 9.17) is 17.0 Å². The number of nitrogens with zero attached hydrogens (tertiary/aromatic N) is 1. The van der Waals surface area contributed by atoms with E-state index in [-0.39, 0.29) is 0 Å². The van der Waals surface area contributed by atoms with Crippen molar-refractivity contribution in [3.05, 3.63) is 0 Å². The average molecular weight is 300 g/mol. The van der Waals surface area contributed by atoms with Crippen molar-refractivity contribution >= 4 is 17.4 Å². The van der Waals surface area contributed by atoms with Crippen molar-refractivity contribution in [1.29, 1.82) is 0 Å². The van der Waals surface area contributed by atoms with Gasteiger partial charge in [0, 0.05) is 13.2 Å². The van der Waals surface area contributed by atoms with E-state index in [0.29, 0.717) is 6.04 Å². The SMILES string of the molecule is CCCCCCCCCCCC(CCOCC)N=C=S. The summed E-state index contributed by atoms with van der Waals surface area (Å²) < 4.78 is 5.38. The molecule has 0 aliphatic heterocycles. The summed E-state index contributed by atoms with van der Waals surface area (Å²) in [6, 6.07) is 0.323. The molecule has 0 aromatic carbocycles. The summed E-state index contributed by atoms with van der Waals surface area (Å²) in [6.45, 7) is 5.87. The lowest BCUT2D eigenvalue weighted by atomic mass is 10.0. The molecule has 20 heavy (non-hydrogen) atoms. The smallest absolute Gasteiger partial charge is 0.0624 e. The van der Waals surface area contributed by atoms with Crippen LogP contribution in [0.5, 0.6) is 0 Å². The Kier molecular flexibility index (Phi) is 16.6. The van der Waals surface area contributed by atoms with Gasteiger partial charge in [-0.15, -0.1) is 0 Å². The first-order chi connectivity index (χ1) is 9.85. The van der Waals surface area contributed by atoms with Crippen molar-refractivity contribution in [3.63, 3.8) is 0 Å². The lowest BCUT2D eigenvalue weighted by Crippen LogP contribution is -2.08. The molecule has 0 heterocycles. The lowest BCUT2D eigenvalue weighted by molar-refractivity contribution is 0.139. The molecule has 0 N–H and O–H groups in total. The number of hydrogen-bond donors (Lipinski definition) is 0. The molecule has 1 unspecified atom stereocenters. The van der Waals surface area contributed by atoms with Gasteiger partial charge in [0.2, 0.25) is 0 Å². The van der Waals surface area contributed by atoms with Gasteiger partial charge in [0.15, 0.2) is 0 Å². The van der Waals surface area contributed by atoms with Gasteiger partial charge in [-0.05, 0) is 32.0 Å². The minimum atomic E-state index is 0.323. The Morgan fingerprint density at radius 2 is 1.50 bits per heavy atom. The number of hydrogen-bond acceptors (Lipinski definition) is 3. The predicted molar refractivity (Wildman–Crippen MR) is 91.8 cm³/mol. The maximum atomic E-state index is 5.38. The van der Waals surface area contributed by atoms with Crippen molar-refractivity contribution in [2.45, 2.75) is 90.5 Å². The van der Waals surface area contributed by atoms with Gasteiger partial charge >= 0.3 is 0 Å². The average Bonchev–Trinajstić information content (AvgIpc) is 2.45. The summed E-state index contributed by atoms with van der Waals surface area (Å²) in [5, 5.41) is 2.53. The molecule has 0 rings (SSSR count). The van der Waals surface area contributed by atoms with Gasteiger partial charge in [-0.25, -0.2) is 4.99 Å². The van der Waals surface area contributed by atoms with E-state index >= 15 is 0 Å². The summed E-state index contributed by atoms with van der Waals surface area (Å²) in [4.78, 5) is 4.25. The third-order valence-electron chi connectivity index (χ3n) is 3.68. The fourth-order valence-electron chi connectivity index (χ4n) is 2.40. The Morgan fingerprint density at radius 1 is 0.900 bits per heavy atom. The molecule has 2 nitrogen and oxygen atoms in total. The van der Waals surface area contributed by atoms with Gasteiger partial charge in [0.1, 0.15) is 0 Å². The molecule has 0 aromatic heterocycles. The van der Waals surface area contributed by atoms with Gasteiger partial charge in [-0.1, -0.05) is 64.7 Å². The summed E-state index contributed by atoms with van der Waals surface area (Å²) in [5.41, 5.74) is 0. The molecule has 118 valence electrons. The molecule has 0 radical (unpaired) electrons. The second kappa shape index (κ2) is 16.8. The van der Waals surface area contributed by atoms with Crippen LogP contribution in [0.25, 0.3) is 0 Å². The standard InChI is InChI=1S/C17H33NOS/c1-3-5-6-7-8-9-10-11-12-13-17(18-16-20)14-15-19-4-2/h17H,3-15H2,1-2H3. The summed E-state index contributed by atoms with van der Waals surface area (Å²) in [6.07, 6.45) is 14.4. The third kappa shape index (κ3) is 14.2. The quantitative estimate of drug-likeness (QED) is 0.216. The molecule has 1 atom stereocenters. The minimum absolute atomic E-state index is 0.323. The lowest BCUT2D eigenvalue weighted by Gasteiger charge is -2.10. The molecule has 0 spiro atoms. The third-order valence-corrected chi connectivity index (χ3v) is 3.78. The molecule has 0 saturated carbocycles. The molecule has 0 aromatic rings. The number of thiocarbonyl (C=S) groups is 1. The maximum absolute atomic E-state index is 5.38. The Bertz CT molecular complexity index is 239. The van der Waals surface area contributed by atoms with E-state index in [1.807, 2.05) is 6.92 Å². The Balaban J connectivity index is 3.41. The van der Waals surface area contributed by atoms with Crippen LogP contribution >= 0.6 is 12.2 Å². The Hall–Kier alpha value is -0.240. The molecule has 0 fully saturated rings. The van der Waals surface area contributed by atoms with Crippen molar-refractivity contribution in [2.75, 3.05) is 13.2 Å². The fraction of sp³-hybridized carbons (Fsp3) is 0.941. The molecule has 0 saturated heterocycles. The van der Waals surface area contributed by atoms with Gasteiger partial charge < -0.3 is 4.74 Å². The summed E-state index contributed by atoms with van der Waals surface area (Å²) in [7, 11) is 0. The number of isothiocyanates is 1. The molecular formula is C17H33NOS. The number of aliphatic imine (C=N–C) groups is 1.